The Morgan fingerprint density at radius 1 is 1.21 bits per heavy atom. The Hall–Kier alpha value is -3.81. The Bertz CT molecular complexity index is 1100. The van der Waals surface area contributed by atoms with Crippen LogP contribution in [0.15, 0.2) is 66.3 Å². The lowest BCUT2D eigenvalue weighted by Crippen LogP contribution is -2.51. The number of carbonyl (C=O) groups is 3. The van der Waals surface area contributed by atoms with Gasteiger partial charge in [0.1, 0.15) is 0 Å². The minimum Gasteiger partial charge on any atom is -0.369 e. The van der Waals surface area contributed by atoms with Crippen molar-refractivity contribution in [3.05, 3.63) is 72.6 Å². The van der Waals surface area contributed by atoms with Gasteiger partial charge in [0.05, 0.1) is 17.1 Å². The largest absolute Gasteiger partial charge is 0.369 e. The molecule has 1 aliphatic heterocycles. The SMILES string of the molecule is C=CC[C@@H](CC(=O)N(CC(C)C)C1N=C(c2ccccn2)c2ccccc2N(C)C1=O)C(N)=O. The van der Waals surface area contributed by atoms with Gasteiger partial charge in [0.25, 0.3) is 5.91 Å². The molecule has 0 radical (unpaired) electrons. The van der Waals surface area contributed by atoms with Crippen LogP contribution >= 0.6 is 0 Å². The highest BCUT2D eigenvalue weighted by molar-refractivity contribution is 6.19. The Morgan fingerprint density at radius 3 is 2.53 bits per heavy atom. The van der Waals surface area contributed by atoms with Crippen LogP contribution in [-0.2, 0) is 14.4 Å². The first kappa shape index (κ1) is 24.8. The lowest BCUT2D eigenvalue weighted by atomic mass is 9.99. The van der Waals surface area contributed by atoms with Crippen molar-refractivity contribution in [2.75, 3.05) is 18.5 Å². The summed E-state index contributed by atoms with van der Waals surface area (Å²) in [7, 11) is 1.67. The summed E-state index contributed by atoms with van der Waals surface area (Å²) in [6, 6.07) is 12.9. The third-order valence-electron chi connectivity index (χ3n) is 5.68. The molecular formula is C26H31N5O3. The van der Waals surface area contributed by atoms with E-state index in [0.717, 1.165) is 5.56 Å². The van der Waals surface area contributed by atoms with Crippen LogP contribution in [0.4, 0.5) is 5.69 Å². The van der Waals surface area contributed by atoms with Crippen LogP contribution in [0, 0.1) is 11.8 Å². The number of carbonyl (C=O) groups excluding carboxylic acids is 3. The number of aliphatic imine (C=N–C) groups is 1. The first-order valence-electron chi connectivity index (χ1n) is 11.3. The smallest absolute Gasteiger partial charge is 0.272 e. The van der Waals surface area contributed by atoms with E-state index in [9.17, 15) is 14.4 Å². The number of aromatic nitrogens is 1. The summed E-state index contributed by atoms with van der Waals surface area (Å²) in [5.74, 6) is -1.91. The molecule has 8 nitrogen and oxygen atoms in total. The zero-order valence-electron chi connectivity index (χ0n) is 19.8. The van der Waals surface area contributed by atoms with Gasteiger partial charge in [0.2, 0.25) is 18.0 Å². The number of allylic oxidation sites excluding steroid dienone is 1. The molecule has 1 aromatic carbocycles. The highest BCUT2D eigenvalue weighted by atomic mass is 16.2. The van der Waals surface area contributed by atoms with Crippen molar-refractivity contribution in [3.8, 4) is 0 Å². The average Bonchev–Trinajstić information content (AvgIpc) is 2.93. The van der Waals surface area contributed by atoms with Crippen molar-refractivity contribution in [1.82, 2.24) is 9.88 Å². The molecule has 0 aliphatic carbocycles. The summed E-state index contributed by atoms with van der Waals surface area (Å²) in [4.78, 5) is 51.3. The lowest BCUT2D eigenvalue weighted by Gasteiger charge is -2.32. The number of rotatable bonds is 9. The van der Waals surface area contributed by atoms with Crippen molar-refractivity contribution >= 4 is 29.1 Å². The molecular weight excluding hydrogens is 430 g/mol. The van der Waals surface area contributed by atoms with Crippen LogP contribution < -0.4 is 10.6 Å². The van der Waals surface area contributed by atoms with Crippen LogP contribution in [0.5, 0.6) is 0 Å². The van der Waals surface area contributed by atoms with Crippen LogP contribution in [-0.4, -0.2) is 53.1 Å². The van der Waals surface area contributed by atoms with Crippen LogP contribution in [0.2, 0.25) is 0 Å². The Kier molecular flexibility index (Phi) is 7.94. The topological polar surface area (TPSA) is 109 Å². The minimum atomic E-state index is -1.11. The summed E-state index contributed by atoms with van der Waals surface area (Å²) < 4.78 is 0. The number of nitrogens with zero attached hydrogens (tertiary/aromatic N) is 4. The predicted molar refractivity (Wildman–Crippen MR) is 132 cm³/mol. The monoisotopic (exact) mass is 461 g/mol. The summed E-state index contributed by atoms with van der Waals surface area (Å²) in [6.07, 6.45) is 2.27. The van der Waals surface area contributed by atoms with Gasteiger partial charge in [-0.2, -0.15) is 0 Å². The van der Waals surface area contributed by atoms with Crippen LogP contribution in [0.1, 0.15) is 37.9 Å². The van der Waals surface area contributed by atoms with Crippen molar-refractivity contribution in [2.45, 2.75) is 32.9 Å². The van der Waals surface area contributed by atoms with E-state index in [0.29, 0.717) is 17.1 Å². The van der Waals surface area contributed by atoms with Crippen LogP contribution in [0.3, 0.4) is 0 Å². The second-order valence-corrected chi connectivity index (χ2v) is 8.75. The molecule has 2 N–H and O–H groups in total. The molecule has 1 aliphatic rings. The molecule has 0 fully saturated rings. The number of benzodiazepines with no additional fused rings is 1. The van der Waals surface area contributed by atoms with Crippen molar-refractivity contribution in [1.29, 1.82) is 0 Å². The van der Waals surface area contributed by atoms with Gasteiger partial charge in [0.15, 0.2) is 0 Å². The van der Waals surface area contributed by atoms with E-state index in [2.05, 4.69) is 11.6 Å². The van der Waals surface area contributed by atoms with Gasteiger partial charge in [-0.3, -0.25) is 19.4 Å². The van der Waals surface area contributed by atoms with Gasteiger partial charge in [-0.25, -0.2) is 4.99 Å². The van der Waals surface area contributed by atoms with Crippen molar-refractivity contribution in [3.63, 3.8) is 0 Å². The maximum absolute atomic E-state index is 13.7. The average molecular weight is 462 g/mol. The zero-order valence-corrected chi connectivity index (χ0v) is 19.8. The fourth-order valence-corrected chi connectivity index (χ4v) is 3.98. The fraction of sp³-hybridized carbons (Fsp3) is 0.346. The predicted octanol–water partition coefficient (Wildman–Crippen LogP) is 2.77. The van der Waals surface area contributed by atoms with Gasteiger partial charge < -0.3 is 15.5 Å². The summed E-state index contributed by atoms with van der Waals surface area (Å²) in [5, 5.41) is 0. The van der Waals surface area contributed by atoms with Gasteiger partial charge in [-0.1, -0.05) is 44.2 Å². The molecule has 1 unspecified atom stereocenters. The number of nitrogens with two attached hydrogens (primary N) is 1. The van der Waals surface area contributed by atoms with Gasteiger partial charge in [0, 0.05) is 37.7 Å². The van der Waals surface area contributed by atoms with Crippen molar-refractivity contribution in [2.24, 2.45) is 22.6 Å². The lowest BCUT2D eigenvalue weighted by molar-refractivity contribution is -0.141. The summed E-state index contributed by atoms with van der Waals surface area (Å²) in [6.45, 7) is 7.86. The second-order valence-electron chi connectivity index (χ2n) is 8.75. The number of fused-ring (bicyclic) bond motifs is 1. The van der Waals surface area contributed by atoms with E-state index in [-0.39, 0.29) is 37.1 Å². The molecule has 178 valence electrons. The van der Waals surface area contributed by atoms with Crippen LogP contribution in [0.25, 0.3) is 0 Å². The number of hydrogen-bond donors (Lipinski definition) is 1. The Balaban J connectivity index is 2.12. The third kappa shape index (κ3) is 5.39. The van der Waals surface area contributed by atoms with E-state index >= 15 is 0 Å². The molecule has 2 heterocycles. The molecule has 3 amide bonds. The van der Waals surface area contributed by atoms with E-state index in [1.165, 1.54) is 9.80 Å². The molecule has 34 heavy (non-hydrogen) atoms. The zero-order chi connectivity index (χ0) is 24.8. The first-order valence-corrected chi connectivity index (χ1v) is 11.3. The minimum absolute atomic E-state index is 0.0626. The highest BCUT2D eigenvalue weighted by Gasteiger charge is 2.37. The molecule has 2 atom stereocenters. The van der Waals surface area contributed by atoms with E-state index < -0.39 is 18.0 Å². The van der Waals surface area contributed by atoms with E-state index in [1.807, 2.05) is 50.2 Å². The molecule has 3 rings (SSSR count). The highest BCUT2D eigenvalue weighted by Crippen LogP contribution is 2.29. The quantitative estimate of drug-likeness (QED) is 0.579. The molecule has 1 aromatic heterocycles. The number of primary amides is 1. The molecule has 0 spiro atoms. The first-order chi connectivity index (χ1) is 16.2. The number of para-hydroxylation sites is 1. The number of benzene rings is 1. The normalized spacial score (nSPS) is 16.4. The molecule has 0 saturated heterocycles. The Morgan fingerprint density at radius 2 is 1.91 bits per heavy atom. The van der Waals surface area contributed by atoms with Gasteiger partial charge in [-0.15, -0.1) is 6.58 Å². The van der Waals surface area contributed by atoms with Gasteiger partial charge >= 0.3 is 0 Å². The summed E-state index contributed by atoms with van der Waals surface area (Å²) >= 11 is 0. The van der Waals surface area contributed by atoms with E-state index in [4.69, 9.17) is 10.7 Å². The van der Waals surface area contributed by atoms with Gasteiger partial charge in [-0.05, 0) is 30.5 Å². The number of amides is 3. The third-order valence-corrected chi connectivity index (χ3v) is 5.68. The second kappa shape index (κ2) is 10.9. The molecule has 0 saturated carbocycles. The molecule has 8 heteroatoms. The molecule has 0 bridgehead atoms. The fourth-order valence-electron chi connectivity index (χ4n) is 3.98. The number of anilines is 1. The Labute approximate surface area is 200 Å². The molecule has 2 aromatic rings. The number of hydrogen-bond acceptors (Lipinski definition) is 5. The number of likely N-dealkylation sites (N-methyl/N-ethyl adjacent to an activating group) is 1. The maximum Gasteiger partial charge on any atom is 0.272 e. The summed E-state index contributed by atoms with van der Waals surface area (Å²) in [5.41, 5.74) is 8.06. The van der Waals surface area contributed by atoms with Crippen molar-refractivity contribution < 1.29 is 14.4 Å². The standard InChI is InChI=1S/C26H31N5O3/c1-5-10-18(24(27)33)15-22(32)31(16-17(2)3)25-26(34)30(4)21-13-7-6-11-19(21)23(29-25)20-12-8-9-14-28-20/h5-9,11-14,17-18,25H,1,10,15-16H2,2-4H3,(H2,27,33)/t18-,25?/m0/s1. The van der Waals surface area contributed by atoms with E-state index in [1.54, 1.807) is 25.4 Å². The number of pyridine rings is 1. The maximum atomic E-state index is 13.7.